The molecule has 0 aliphatic carbocycles. The van der Waals surface area contributed by atoms with Crippen LogP contribution in [0.1, 0.15) is 40.5 Å². The summed E-state index contributed by atoms with van der Waals surface area (Å²) in [6.45, 7) is 7.72. The van der Waals surface area contributed by atoms with E-state index in [0.29, 0.717) is 6.42 Å². The second-order valence-corrected chi connectivity index (χ2v) is 4.40. The van der Waals surface area contributed by atoms with Gasteiger partial charge in [0.25, 0.3) is 0 Å². The average molecular weight is 202 g/mol. The van der Waals surface area contributed by atoms with Gasteiger partial charge in [-0.2, -0.15) is 0 Å². The van der Waals surface area contributed by atoms with Crippen LogP contribution in [0.3, 0.4) is 0 Å². The molecule has 2 N–H and O–H groups in total. The van der Waals surface area contributed by atoms with Gasteiger partial charge in [0.1, 0.15) is 0 Å². The Morgan fingerprint density at radius 2 is 1.86 bits per heavy atom. The highest BCUT2D eigenvalue weighted by molar-refractivity contribution is 4.90. The van der Waals surface area contributed by atoms with E-state index in [4.69, 9.17) is 4.74 Å². The highest BCUT2D eigenvalue weighted by Gasteiger charge is 2.47. The van der Waals surface area contributed by atoms with Gasteiger partial charge in [-0.25, -0.2) is 0 Å². The Hall–Kier alpha value is -0.120. The van der Waals surface area contributed by atoms with Gasteiger partial charge in [-0.15, -0.1) is 0 Å². The Bertz CT molecular complexity index is 193. The summed E-state index contributed by atoms with van der Waals surface area (Å²) in [4.78, 5) is 0. The minimum atomic E-state index is -1.15. The molecular weight excluding hydrogens is 180 g/mol. The summed E-state index contributed by atoms with van der Waals surface area (Å²) >= 11 is 0. The number of aliphatic hydroxyl groups excluding tert-OH is 1. The molecule has 0 aromatic heterocycles. The topological polar surface area (TPSA) is 49.7 Å². The Labute approximate surface area is 86.1 Å². The monoisotopic (exact) mass is 202 g/mol. The molecule has 0 spiro atoms. The van der Waals surface area contributed by atoms with Crippen LogP contribution >= 0.6 is 0 Å². The van der Waals surface area contributed by atoms with Gasteiger partial charge in [0.15, 0.2) is 5.79 Å². The molecule has 0 saturated carbocycles. The van der Waals surface area contributed by atoms with Gasteiger partial charge in [0.2, 0.25) is 0 Å². The maximum absolute atomic E-state index is 10.2. The minimum Gasteiger partial charge on any atom is -0.392 e. The zero-order valence-electron chi connectivity index (χ0n) is 9.53. The molecule has 1 fully saturated rings. The van der Waals surface area contributed by atoms with Crippen LogP contribution in [0.2, 0.25) is 0 Å². The Balaban J connectivity index is 2.84. The van der Waals surface area contributed by atoms with E-state index in [9.17, 15) is 10.2 Å². The highest BCUT2D eigenvalue weighted by Crippen LogP contribution is 2.38. The summed E-state index contributed by atoms with van der Waals surface area (Å²) in [7, 11) is 0. The predicted octanol–water partition coefficient (Wildman–Crippen LogP) is 1.53. The number of hydrogen-bond acceptors (Lipinski definition) is 3. The van der Waals surface area contributed by atoms with Gasteiger partial charge in [-0.1, -0.05) is 27.7 Å². The van der Waals surface area contributed by atoms with Crippen molar-refractivity contribution in [1.82, 2.24) is 0 Å². The zero-order valence-corrected chi connectivity index (χ0v) is 9.53. The summed E-state index contributed by atoms with van der Waals surface area (Å²) in [5.41, 5.74) is 0. The number of rotatable bonds is 2. The first-order valence-electron chi connectivity index (χ1n) is 5.54. The molecule has 1 saturated heterocycles. The normalized spacial score (nSPS) is 49.3. The molecular formula is C11H22O3. The third kappa shape index (κ3) is 1.81. The standard InChI is InChI=1S/C11H22O3/c1-5-9-7(3)10(12)8(4)11(13,6-2)14-9/h7-10,12-13H,5-6H2,1-4H3. The summed E-state index contributed by atoms with van der Waals surface area (Å²) < 4.78 is 5.66. The lowest BCUT2D eigenvalue weighted by Gasteiger charge is -2.47. The van der Waals surface area contributed by atoms with Gasteiger partial charge in [0.05, 0.1) is 12.2 Å². The molecule has 0 aromatic carbocycles. The van der Waals surface area contributed by atoms with Crippen LogP contribution in [-0.4, -0.2) is 28.2 Å². The summed E-state index contributed by atoms with van der Waals surface area (Å²) in [6.07, 6.45) is 0.839. The second-order valence-electron chi connectivity index (χ2n) is 4.40. The molecule has 14 heavy (non-hydrogen) atoms. The van der Waals surface area contributed by atoms with Gasteiger partial charge < -0.3 is 14.9 Å². The third-order valence-corrected chi connectivity index (χ3v) is 3.61. The van der Waals surface area contributed by atoms with Crippen molar-refractivity contribution in [2.75, 3.05) is 0 Å². The lowest BCUT2D eigenvalue weighted by Crippen LogP contribution is -2.56. The van der Waals surface area contributed by atoms with E-state index in [2.05, 4.69) is 0 Å². The molecule has 3 heteroatoms. The lowest BCUT2D eigenvalue weighted by atomic mass is 9.79. The van der Waals surface area contributed by atoms with Crippen molar-refractivity contribution in [2.45, 2.75) is 58.5 Å². The molecule has 1 aliphatic rings. The Kier molecular flexibility index (Phi) is 3.56. The van der Waals surface area contributed by atoms with E-state index in [1.807, 2.05) is 27.7 Å². The van der Waals surface area contributed by atoms with Gasteiger partial charge in [-0.05, 0) is 12.8 Å². The molecule has 1 aliphatic heterocycles. The molecule has 1 rings (SSSR count). The van der Waals surface area contributed by atoms with Gasteiger partial charge >= 0.3 is 0 Å². The van der Waals surface area contributed by atoms with Crippen LogP contribution in [0.15, 0.2) is 0 Å². The molecule has 0 radical (unpaired) electrons. The zero-order chi connectivity index (χ0) is 10.9. The van der Waals surface area contributed by atoms with Gasteiger partial charge in [-0.3, -0.25) is 0 Å². The Morgan fingerprint density at radius 1 is 1.29 bits per heavy atom. The molecule has 5 atom stereocenters. The van der Waals surface area contributed by atoms with Crippen molar-refractivity contribution in [3.63, 3.8) is 0 Å². The summed E-state index contributed by atoms with van der Waals surface area (Å²) in [5, 5.41) is 20.1. The van der Waals surface area contributed by atoms with E-state index in [1.165, 1.54) is 0 Å². The Morgan fingerprint density at radius 3 is 2.29 bits per heavy atom. The van der Waals surface area contributed by atoms with E-state index in [1.54, 1.807) is 0 Å². The highest BCUT2D eigenvalue weighted by atomic mass is 16.6. The third-order valence-electron chi connectivity index (χ3n) is 3.61. The largest absolute Gasteiger partial charge is 0.392 e. The van der Waals surface area contributed by atoms with Crippen LogP contribution in [0, 0.1) is 11.8 Å². The molecule has 0 aromatic rings. The van der Waals surface area contributed by atoms with Crippen molar-refractivity contribution in [2.24, 2.45) is 11.8 Å². The fraction of sp³-hybridized carbons (Fsp3) is 1.00. The van der Waals surface area contributed by atoms with Crippen molar-refractivity contribution < 1.29 is 14.9 Å². The van der Waals surface area contributed by atoms with Crippen molar-refractivity contribution in [1.29, 1.82) is 0 Å². The number of hydrogen-bond donors (Lipinski definition) is 2. The first kappa shape index (κ1) is 12.0. The van der Waals surface area contributed by atoms with Crippen LogP contribution in [-0.2, 0) is 4.74 Å². The summed E-state index contributed by atoms with van der Waals surface area (Å²) in [6, 6.07) is 0. The maximum Gasteiger partial charge on any atom is 0.170 e. The smallest absolute Gasteiger partial charge is 0.170 e. The molecule has 84 valence electrons. The average Bonchev–Trinajstić information content (AvgIpc) is 2.20. The SMILES string of the molecule is CCC1OC(O)(CC)C(C)C(O)C1C. The van der Waals surface area contributed by atoms with Crippen LogP contribution < -0.4 is 0 Å². The molecule has 3 nitrogen and oxygen atoms in total. The van der Waals surface area contributed by atoms with Crippen molar-refractivity contribution >= 4 is 0 Å². The fourth-order valence-electron chi connectivity index (χ4n) is 2.28. The number of aliphatic hydroxyl groups is 2. The van der Waals surface area contributed by atoms with Crippen LogP contribution in [0.4, 0.5) is 0 Å². The fourth-order valence-corrected chi connectivity index (χ4v) is 2.28. The molecule has 5 unspecified atom stereocenters. The first-order valence-corrected chi connectivity index (χ1v) is 5.54. The van der Waals surface area contributed by atoms with Crippen LogP contribution in [0.25, 0.3) is 0 Å². The van der Waals surface area contributed by atoms with E-state index < -0.39 is 11.9 Å². The van der Waals surface area contributed by atoms with E-state index >= 15 is 0 Å². The van der Waals surface area contributed by atoms with Crippen LogP contribution in [0.5, 0.6) is 0 Å². The molecule has 0 amide bonds. The van der Waals surface area contributed by atoms with E-state index in [-0.39, 0.29) is 17.9 Å². The molecule has 0 bridgehead atoms. The van der Waals surface area contributed by atoms with Crippen molar-refractivity contribution in [3.8, 4) is 0 Å². The number of ether oxygens (including phenoxy) is 1. The predicted molar refractivity (Wildman–Crippen MR) is 54.7 cm³/mol. The summed E-state index contributed by atoms with van der Waals surface area (Å²) in [5.74, 6) is -1.26. The quantitative estimate of drug-likeness (QED) is 0.714. The second kappa shape index (κ2) is 4.17. The minimum absolute atomic E-state index is 0.0360. The van der Waals surface area contributed by atoms with Gasteiger partial charge in [0, 0.05) is 11.8 Å². The van der Waals surface area contributed by atoms with E-state index in [0.717, 1.165) is 6.42 Å². The maximum atomic E-state index is 10.2. The lowest BCUT2D eigenvalue weighted by molar-refractivity contribution is -0.318. The first-order chi connectivity index (χ1) is 6.46. The molecule has 1 heterocycles. The van der Waals surface area contributed by atoms with Crippen molar-refractivity contribution in [3.05, 3.63) is 0 Å².